The second kappa shape index (κ2) is 6.29. The first-order valence-electron chi connectivity index (χ1n) is 8.00. The minimum absolute atomic E-state index is 0.0658. The normalized spacial score (nSPS) is 17.2. The van der Waals surface area contributed by atoms with Crippen LogP contribution in [-0.4, -0.2) is 30.5 Å². The van der Waals surface area contributed by atoms with Gasteiger partial charge in [0.2, 0.25) is 5.91 Å². The molecule has 25 heavy (non-hydrogen) atoms. The van der Waals surface area contributed by atoms with Crippen LogP contribution in [0.15, 0.2) is 48.5 Å². The average molecular weight is 352 g/mol. The molecule has 0 unspecified atom stereocenters. The van der Waals surface area contributed by atoms with Crippen molar-refractivity contribution in [3.05, 3.63) is 48.5 Å². The van der Waals surface area contributed by atoms with Crippen LogP contribution in [0.3, 0.4) is 0 Å². The minimum Gasteiger partial charge on any atom is -0.469 e. The van der Waals surface area contributed by atoms with Crippen molar-refractivity contribution >= 4 is 39.1 Å². The Morgan fingerprint density at radius 2 is 1.96 bits per heavy atom. The highest BCUT2D eigenvalue weighted by atomic mass is 32.1. The second-order valence-corrected chi connectivity index (χ2v) is 6.96. The summed E-state index contributed by atoms with van der Waals surface area (Å²) in [7, 11) is 1.35. The summed E-state index contributed by atoms with van der Waals surface area (Å²) in [6.07, 6.45) is 0.181. The monoisotopic (exact) mass is 352 g/mol. The fourth-order valence-corrected chi connectivity index (χ4v) is 4.14. The zero-order valence-corrected chi connectivity index (χ0v) is 14.5. The van der Waals surface area contributed by atoms with Crippen molar-refractivity contribution < 1.29 is 14.3 Å². The zero-order chi connectivity index (χ0) is 17.4. The van der Waals surface area contributed by atoms with Crippen molar-refractivity contribution in [3.63, 3.8) is 0 Å². The first kappa shape index (κ1) is 15.8. The van der Waals surface area contributed by atoms with Gasteiger partial charge in [-0.05, 0) is 24.3 Å². The van der Waals surface area contributed by atoms with Gasteiger partial charge in [-0.25, -0.2) is 4.98 Å². The van der Waals surface area contributed by atoms with Crippen molar-refractivity contribution in [2.24, 2.45) is 5.92 Å². The van der Waals surface area contributed by atoms with E-state index < -0.39 is 5.92 Å². The summed E-state index contributed by atoms with van der Waals surface area (Å²) in [5, 5.41) is 0.867. The van der Waals surface area contributed by atoms with Crippen LogP contribution >= 0.6 is 11.3 Å². The molecule has 1 aromatic heterocycles. The van der Waals surface area contributed by atoms with Crippen LogP contribution in [0.25, 0.3) is 20.8 Å². The van der Waals surface area contributed by atoms with Crippen molar-refractivity contribution in [3.8, 4) is 10.6 Å². The summed E-state index contributed by atoms with van der Waals surface area (Å²) in [4.78, 5) is 30.6. The Morgan fingerprint density at radius 3 is 2.76 bits per heavy atom. The number of benzene rings is 2. The molecule has 2 aromatic carbocycles. The van der Waals surface area contributed by atoms with E-state index in [9.17, 15) is 9.59 Å². The van der Waals surface area contributed by atoms with Gasteiger partial charge in [0.1, 0.15) is 5.01 Å². The largest absolute Gasteiger partial charge is 0.469 e. The number of ether oxygens (including phenoxy) is 1. The third-order valence-electron chi connectivity index (χ3n) is 4.38. The van der Waals surface area contributed by atoms with Gasteiger partial charge in [-0.2, -0.15) is 0 Å². The highest BCUT2D eigenvalue weighted by Crippen LogP contribution is 2.38. The van der Waals surface area contributed by atoms with E-state index in [-0.39, 0.29) is 18.3 Å². The Bertz CT molecular complexity index is 933. The lowest BCUT2D eigenvalue weighted by Gasteiger charge is -2.19. The Balaban J connectivity index is 1.74. The molecule has 1 fully saturated rings. The SMILES string of the molecule is COC(=O)[C@@H]1CC(=O)N(c2ccccc2-c2nc3ccccc3s2)C1. The van der Waals surface area contributed by atoms with Gasteiger partial charge in [0.15, 0.2) is 0 Å². The molecule has 1 aliphatic rings. The number of carbonyl (C=O) groups excluding carboxylic acids is 2. The molecule has 0 radical (unpaired) electrons. The number of esters is 1. The third-order valence-corrected chi connectivity index (χ3v) is 5.45. The number of carbonyl (C=O) groups is 2. The van der Waals surface area contributed by atoms with Crippen molar-refractivity contribution in [2.45, 2.75) is 6.42 Å². The highest BCUT2D eigenvalue weighted by molar-refractivity contribution is 7.21. The standard InChI is InChI=1S/C19H16N2O3S/c1-24-19(23)12-10-17(22)21(11-12)15-8-4-2-6-13(15)18-20-14-7-3-5-9-16(14)25-18/h2-9,12H,10-11H2,1H3/t12-/m1/s1. The molecule has 1 atom stereocenters. The van der Waals surface area contributed by atoms with Gasteiger partial charge in [0.05, 0.1) is 28.9 Å². The maximum absolute atomic E-state index is 12.5. The second-order valence-electron chi connectivity index (χ2n) is 5.93. The van der Waals surface area contributed by atoms with Gasteiger partial charge in [-0.1, -0.05) is 24.3 Å². The van der Waals surface area contributed by atoms with Crippen LogP contribution in [-0.2, 0) is 14.3 Å². The molecular weight excluding hydrogens is 336 g/mol. The summed E-state index contributed by atoms with van der Waals surface area (Å²) in [5.74, 6) is -0.821. The molecule has 0 spiro atoms. The molecule has 5 nitrogen and oxygen atoms in total. The fraction of sp³-hybridized carbons (Fsp3) is 0.211. The molecular formula is C19H16N2O3S. The quantitative estimate of drug-likeness (QED) is 0.677. The van der Waals surface area contributed by atoms with Gasteiger partial charge >= 0.3 is 5.97 Å². The van der Waals surface area contributed by atoms with Gasteiger partial charge in [0.25, 0.3) is 0 Å². The Kier molecular flexibility index (Phi) is 3.97. The number of aromatic nitrogens is 1. The third kappa shape index (κ3) is 2.78. The molecule has 0 bridgehead atoms. The lowest BCUT2D eigenvalue weighted by molar-refractivity contribution is -0.145. The molecule has 4 rings (SSSR count). The molecule has 0 saturated carbocycles. The van der Waals surface area contributed by atoms with E-state index in [1.54, 1.807) is 16.2 Å². The highest BCUT2D eigenvalue weighted by Gasteiger charge is 2.36. The fourth-order valence-electron chi connectivity index (χ4n) is 3.14. The van der Waals surface area contributed by atoms with E-state index in [1.807, 2.05) is 48.5 Å². The summed E-state index contributed by atoms with van der Waals surface area (Å²) >= 11 is 1.60. The van der Waals surface area contributed by atoms with Gasteiger partial charge in [0, 0.05) is 18.5 Å². The number of anilines is 1. The van der Waals surface area contributed by atoms with Crippen molar-refractivity contribution in [1.29, 1.82) is 0 Å². The number of hydrogen-bond donors (Lipinski definition) is 0. The molecule has 3 aromatic rings. The summed E-state index contributed by atoms with van der Waals surface area (Å²) < 4.78 is 5.90. The molecule has 1 amide bonds. The number of nitrogens with zero attached hydrogens (tertiary/aromatic N) is 2. The van der Waals surface area contributed by atoms with E-state index in [0.29, 0.717) is 6.54 Å². The van der Waals surface area contributed by atoms with Crippen LogP contribution < -0.4 is 4.90 Å². The first-order chi connectivity index (χ1) is 12.2. The number of methoxy groups -OCH3 is 1. The minimum atomic E-state index is -0.416. The summed E-state index contributed by atoms with van der Waals surface area (Å²) in [6.45, 7) is 0.341. The van der Waals surface area contributed by atoms with Crippen LogP contribution in [0.1, 0.15) is 6.42 Å². The smallest absolute Gasteiger partial charge is 0.311 e. The lowest BCUT2D eigenvalue weighted by atomic mass is 10.1. The van der Waals surface area contributed by atoms with Crippen molar-refractivity contribution in [2.75, 3.05) is 18.6 Å². The van der Waals surface area contributed by atoms with Gasteiger partial charge in [-0.3, -0.25) is 9.59 Å². The molecule has 1 saturated heterocycles. The molecule has 0 aliphatic carbocycles. The molecule has 1 aliphatic heterocycles. The molecule has 6 heteroatoms. The van der Waals surface area contributed by atoms with Crippen LogP contribution in [0.2, 0.25) is 0 Å². The number of fused-ring (bicyclic) bond motifs is 1. The van der Waals surface area contributed by atoms with Gasteiger partial charge < -0.3 is 9.64 Å². The maximum atomic E-state index is 12.5. The summed E-state index contributed by atoms with van der Waals surface area (Å²) in [6, 6.07) is 15.7. The Hall–Kier alpha value is -2.73. The molecule has 2 heterocycles. The number of amides is 1. The van der Waals surface area contributed by atoms with Gasteiger partial charge in [-0.15, -0.1) is 11.3 Å². The Labute approximate surface area is 148 Å². The zero-order valence-electron chi connectivity index (χ0n) is 13.6. The number of thiazole rings is 1. The predicted molar refractivity (Wildman–Crippen MR) is 97.5 cm³/mol. The number of para-hydroxylation sites is 2. The summed E-state index contributed by atoms with van der Waals surface area (Å²) in [5.41, 5.74) is 2.64. The first-order valence-corrected chi connectivity index (χ1v) is 8.82. The predicted octanol–water partition coefficient (Wildman–Crippen LogP) is 3.49. The lowest BCUT2D eigenvalue weighted by Crippen LogP contribution is -2.26. The van der Waals surface area contributed by atoms with E-state index in [2.05, 4.69) is 0 Å². The average Bonchev–Trinajstić information content (AvgIpc) is 3.24. The van der Waals surface area contributed by atoms with E-state index in [1.165, 1.54) is 7.11 Å². The maximum Gasteiger partial charge on any atom is 0.311 e. The Morgan fingerprint density at radius 1 is 1.20 bits per heavy atom. The van der Waals surface area contributed by atoms with Crippen LogP contribution in [0.5, 0.6) is 0 Å². The van der Waals surface area contributed by atoms with Crippen LogP contribution in [0.4, 0.5) is 5.69 Å². The van der Waals surface area contributed by atoms with E-state index >= 15 is 0 Å². The van der Waals surface area contributed by atoms with Crippen LogP contribution in [0, 0.1) is 5.92 Å². The van der Waals surface area contributed by atoms with Crippen molar-refractivity contribution in [1.82, 2.24) is 4.98 Å². The van der Waals surface area contributed by atoms with E-state index in [4.69, 9.17) is 9.72 Å². The topological polar surface area (TPSA) is 59.5 Å². The molecule has 0 N–H and O–H groups in total. The van der Waals surface area contributed by atoms with E-state index in [0.717, 1.165) is 26.5 Å². The number of rotatable bonds is 3. The molecule has 126 valence electrons. The number of hydrogen-bond acceptors (Lipinski definition) is 5.